The van der Waals surface area contributed by atoms with Gasteiger partial charge in [0.2, 0.25) is 0 Å². The third kappa shape index (κ3) is 3.27. The highest BCUT2D eigenvalue weighted by molar-refractivity contribution is 5.81. The second kappa shape index (κ2) is 5.46. The van der Waals surface area contributed by atoms with E-state index >= 15 is 0 Å². The molecule has 0 amide bonds. The maximum absolute atomic E-state index is 12.1. The number of carbonyl (C=O) groups excluding carboxylic acids is 1. The van der Waals surface area contributed by atoms with Crippen molar-refractivity contribution in [2.45, 2.75) is 50.7 Å². The van der Waals surface area contributed by atoms with E-state index in [9.17, 15) is 4.79 Å². The quantitative estimate of drug-likeness (QED) is 0.808. The lowest BCUT2D eigenvalue weighted by Crippen LogP contribution is -2.46. The monoisotopic (exact) mass is 241 g/mol. The normalized spacial score (nSPS) is 30.1. The van der Waals surface area contributed by atoms with Gasteiger partial charge in [-0.25, -0.2) is 0 Å². The van der Waals surface area contributed by atoms with E-state index < -0.39 is 0 Å². The second-order valence-corrected chi connectivity index (χ2v) is 5.48. The van der Waals surface area contributed by atoms with Crippen molar-refractivity contribution in [3.05, 3.63) is 0 Å². The number of hydrogen-bond acceptors (Lipinski definition) is 4. The molecule has 98 valence electrons. The number of carbonyl (C=O) groups is 1. The van der Waals surface area contributed by atoms with Gasteiger partial charge in [-0.1, -0.05) is 0 Å². The molecule has 2 heterocycles. The Labute approximate surface area is 103 Å². The van der Waals surface area contributed by atoms with Crippen molar-refractivity contribution in [1.29, 1.82) is 0 Å². The molecule has 2 unspecified atom stereocenters. The number of ketones is 1. The fourth-order valence-electron chi connectivity index (χ4n) is 2.88. The molecule has 2 atom stereocenters. The second-order valence-electron chi connectivity index (χ2n) is 5.48. The summed E-state index contributed by atoms with van der Waals surface area (Å²) in [6, 6.07) is -0.0315. The van der Waals surface area contributed by atoms with Crippen molar-refractivity contribution < 1.29 is 14.3 Å². The molecular formula is C13H23NO3. The molecule has 17 heavy (non-hydrogen) atoms. The summed E-state index contributed by atoms with van der Waals surface area (Å²) < 4.78 is 11.3. The van der Waals surface area contributed by atoms with Gasteiger partial charge in [-0.3, -0.25) is 4.79 Å². The Morgan fingerprint density at radius 2 is 2.12 bits per heavy atom. The van der Waals surface area contributed by atoms with Crippen molar-refractivity contribution in [2.24, 2.45) is 11.7 Å². The standard InChI is InChI=1S/C13H23NO3/c1-10(14)8-12(15)11-2-5-17-13(9-11)3-6-16-7-4-13/h10-11H,2-9,14H2,1H3. The molecule has 0 radical (unpaired) electrons. The van der Waals surface area contributed by atoms with E-state index in [4.69, 9.17) is 15.2 Å². The molecule has 0 aliphatic carbocycles. The minimum Gasteiger partial charge on any atom is -0.381 e. The number of ether oxygens (including phenoxy) is 2. The Morgan fingerprint density at radius 3 is 2.76 bits per heavy atom. The van der Waals surface area contributed by atoms with Gasteiger partial charge in [0.25, 0.3) is 0 Å². The van der Waals surface area contributed by atoms with Crippen LogP contribution in [-0.2, 0) is 14.3 Å². The van der Waals surface area contributed by atoms with E-state index in [2.05, 4.69) is 0 Å². The van der Waals surface area contributed by atoms with E-state index in [0.717, 1.165) is 38.9 Å². The molecule has 0 aromatic carbocycles. The highest BCUT2D eigenvalue weighted by Crippen LogP contribution is 2.37. The lowest BCUT2D eigenvalue weighted by molar-refractivity contribution is -0.157. The van der Waals surface area contributed by atoms with Crippen LogP contribution in [0.4, 0.5) is 0 Å². The molecule has 4 nitrogen and oxygen atoms in total. The molecule has 2 saturated heterocycles. The van der Waals surface area contributed by atoms with Crippen molar-refractivity contribution in [3.63, 3.8) is 0 Å². The van der Waals surface area contributed by atoms with Gasteiger partial charge >= 0.3 is 0 Å². The van der Waals surface area contributed by atoms with Gasteiger partial charge in [0, 0.05) is 38.2 Å². The zero-order valence-corrected chi connectivity index (χ0v) is 10.6. The minimum atomic E-state index is -0.0886. The van der Waals surface area contributed by atoms with Crippen LogP contribution in [0.2, 0.25) is 0 Å². The van der Waals surface area contributed by atoms with Crippen LogP contribution in [0.1, 0.15) is 39.0 Å². The molecule has 0 saturated carbocycles. The summed E-state index contributed by atoms with van der Waals surface area (Å²) in [6.07, 6.45) is 4.07. The van der Waals surface area contributed by atoms with Gasteiger partial charge in [0.05, 0.1) is 5.60 Å². The molecule has 2 fully saturated rings. The zero-order valence-electron chi connectivity index (χ0n) is 10.6. The van der Waals surface area contributed by atoms with Crippen LogP contribution in [0, 0.1) is 5.92 Å². The fourth-order valence-corrected chi connectivity index (χ4v) is 2.88. The first-order chi connectivity index (χ1) is 8.11. The lowest BCUT2D eigenvalue weighted by atomic mass is 9.78. The largest absolute Gasteiger partial charge is 0.381 e. The van der Waals surface area contributed by atoms with Crippen LogP contribution < -0.4 is 5.73 Å². The summed E-state index contributed by atoms with van der Waals surface area (Å²) >= 11 is 0. The minimum absolute atomic E-state index is 0.0315. The molecule has 0 bridgehead atoms. The van der Waals surface area contributed by atoms with E-state index in [-0.39, 0.29) is 17.6 Å². The molecule has 0 aromatic rings. The third-order valence-electron chi connectivity index (χ3n) is 3.88. The van der Waals surface area contributed by atoms with Gasteiger partial charge in [-0.05, 0) is 32.6 Å². The molecule has 2 rings (SSSR count). The van der Waals surface area contributed by atoms with Crippen molar-refractivity contribution in [3.8, 4) is 0 Å². The highest BCUT2D eigenvalue weighted by Gasteiger charge is 2.40. The van der Waals surface area contributed by atoms with Crippen LogP contribution in [-0.4, -0.2) is 37.2 Å². The summed E-state index contributed by atoms with van der Waals surface area (Å²) in [5, 5.41) is 0. The Balaban J connectivity index is 1.94. The van der Waals surface area contributed by atoms with E-state index in [1.165, 1.54) is 0 Å². The van der Waals surface area contributed by atoms with Crippen LogP contribution >= 0.6 is 0 Å². The number of rotatable bonds is 3. The topological polar surface area (TPSA) is 61.6 Å². The Hall–Kier alpha value is -0.450. The Bertz CT molecular complexity index is 266. The van der Waals surface area contributed by atoms with Crippen molar-refractivity contribution in [1.82, 2.24) is 0 Å². The van der Waals surface area contributed by atoms with Crippen LogP contribution in [0.5, 0.6) is 0 Å². The fraction of sp³-hybridized carbons (Fsp3) is 0.923. The zero-order chi connectivity index (χ0) is 12.3. The summed E-state index contributed by atoms with van der Waals surface area (Å²) in [4.78, 5) is 12.1. The van der Waals surface area contributed by atoms with E-state index in [0.29, 0.717) is 18.8 Å². The number of hydrogen-bond donors (Lipinski definition) is 1. The molecule has 2 N–H and O–H groups in total. The first-order valence-electron chi connectivity index (χ1n) is 6.61. The van der Waals surface area contributed by atoms with E-state index in [1.54, 1.807) is 0 Å². The van der Waals surface area contributed by atoms with Crippen molar-refractivity contribution >= 4 is 5.78 Å². The maximum atomic E-state index is 12.1. The predicted molar refractivity (Wildman–Crippen MR) is 64.7 cm³/mol. The predicted octanol–water partition coefficient (Wildman–Crippen LogP) is 1.27. The van der Waals surface area contributed by atoms with Crippen LogP contribution in [0.15, 0.2) is 0 Å². The van der Waals surface area contributed by atoms with Gasteiger partial charge in [0.1, 0.15) is 5.78 Å². The Morgan fingerprint density at radius 1 is 1.41 bits per heavy atom. The molecule has 2 aliphatic rings. The summed E-state index contributed by atoms with van der Waals surface area (Å²) in [6.45, 7) is 4.11. The lowest BCUT2D eigenvalue weighted by Gasteiger charge is -2.43. The summed E-state index contributed by atoms with van der Waals surface area (Å²) in [5.41, 5.74) is 5.61. The highest BCUT2D eigenvalue weighted by atomic mass is 16.5. The van der Waals surface area contributed by atoms with Crippen LogP contribution in [0.3, 0.4) is 0 Å². The third-order valence-corrected chi connectivity index (χ3v) is 3.88. The van der Waals surface area contributed by atoms with Crippen molar-refractivity contribution in [2.75, 3.05) is 19.8 Å². The van der Waals surface area contributed by atoms with Gasteiger partial charge in [0.15, 0.2) is 0 Å². The maximum Gasteiger partial charge on any atom is 0.137 e. The van der Waals surface area contributed by atoms with Gasteiger partial charge in [-0.2, -0.15) is 0 Å². The number of nitrogens with two attached hydrogens (primary N) is 1. The summed E-state index contributed by atoms with van der Waals surface area (Å²) in [7, 11) is 0. The smallest absolute Gasteiger partial charge is 0.137 e. The molecule has 1 spiro atoms. The average Bonchev–Trinajstić information content (AvgIpc) is 2.29. The summed E-state index contributed by atoms with van der Waals surface area (Å²) in [5.74, 6) is 0.460. The van der Waals surface area contributed by atoms with Gasteiger partial charge in [-0.15, -0.1) is 0 Å². The number of Topliss-reactive ketones (excluding diaryl/α,β-unsaturated/α-hetero) is 1. The molecular weight excluding hydrogens is 218 g/mol. The SMILES string of the molecule is CC(N)CC(=O)C1CCOC2(CCOCC2)C1. The first-order valence-corrected chi connectivity index (χ1v) is 6.61. The first kappa shape index (κ1) is 13.0. The van der Waals surface area contributed by atoms with E-state index in [1.807, 2.05) is 6.92 Å². The van der Waals surface area contributed by atoms with Crippen LogP contribution in [0.25, 0.3) is 0 Å². The molecule has 0 aromatic heterocycles. The Kier molecular flexibility index (Phi) is 4.17. The average molecular weight is 241 g/mol. The molecule has 2 aliphatic heterocycles. The molecule has 4 heteroatoms. The van der Waals surface area contributed by atoms with Gasteiger partial charge < -0.3 is 15.2 Å².